The van der Waals surface area contributed by atoms with Crippen LogP contribution in [0.15, 0.2) is 40.8 Å². The van der Waals surface area contributed by atoms with Crippen molar-refractivity contribution in [1.82, 2.24) is 0 Å². The lowest BCUT2D eigenvalue weighted by atomic mass is 10.1. The van der Waals surface area contributed by atoms with E-state index < -0.39 is 4.92 Å². The SMILES string of the molecule is CCOC(C[N+](C)(C)CC(=O)c1ccc(-c2ccc([N+](=O)[O-])cc2)o1)OCC.O.[Cl-]. The van der Waals surface area contributed by atoms with Crippen molar-refractivity contribution in [1.29, 1.82) is 0 Å². The van der Waals surface area contributed by atoms with Crippen LogP contribution < -0.4 is 12.4 Å². The quantitative estimate of drug-likeness (QED) is 0.154. The van der Waals surface area contributed by atoms with Crippen molar-refractivity contribution in [2.24, 2.45) is 0 Å². The molecular weight excluding hydrogens is 416 g/mol. The highest BCUT2D eigenvalue weighted by Gasteiger charge is 2.28. The highest BCUT2D eigenvalue weighted by molar-refractivity contribution is 5.95. The second-order valence-electron chi connectivity index (χ2n) is 7.01. The number of hydrogen-bond acceptors (Lipinski definition) is 6. The molecule has 0 atom stereocenters. The number of furan rings is 1. The van der Waals surface area contributed by atoms with Crippen LogP contribution in [0.5, 0.6) is 0 Å². The molecule has 2 rings (SSSR count). The normalized spacial score (nSPS) is 11.0. The van der Waals surface area contributed by atoms with Gasteiger partial charge < -0.3 is 36.3 Å². The Morgan fingerprint density at radius 1 is 1.10 bits per heavy atom. The maximum atomic E-state index is 12.7. The van der Waals surface area contributed by atoms with E-state index in [2.05, 4.69) is 0 Å². The lowest BCUT2D eigenvalue weighted by molar-refractivity contribution is -0.888. The van der Waals surface area contributed by atoms with Gasteiger partial charge in [-0.15, -0.1) is 0 Å². The van der Waals surface area contributed by atoms with E-state index >= 15 is 0 Å². The molecular formula is C20H29ClN2O7. The van der Waals surface area contributed by atoms with Crippen molar-refractivity contribution >= 4 is 11.5 Å². The first kappa shape index (κ1) is 27.7. The number of rotatable bonds is 11. The van der Waals surface area contributed by atoms with Gasteiger partial charge in [-0.25, -0.2) is 0 Å². The summed E-state index contributed by atoms with van der Waals surface area (Å²) in [5, 5.41) is 10.8. The van der Waals surface area contributed by atoms with Crippen molar-refractivity contribution in [3.8, 4) is 11.3 Å². The Morgan fingerprint density at radius 2 is 1.67 bits per heavy atom. The molecule has 0 amide bonds. The lowest BCUT2D eigenvalue weighted by Crippen LogP contribution is -3.00. The topological polar surface area (TPSA) is 123 Å². The molecule has 10 heteroatoms. The van der Waals surface area contributed by atoms with E-state index in [0.29, 0.717) is 35.6 Å². The van der Waals surface area contributed by atoms with Crippen LogP contribution in [0, 0.1) is 10.1 Å². The molecule has 1 heterocycles. The highest BCUT2D eigenvalue weighted by atomic mass is 35.5. The van der Waals surface area contributed by atoms with Crippen LogP contribution in [0.25, 0.3) is 11.3 Å². The molecule has 0 fully saturated rings. The fourth-order valence-corrected chi connectivity index (χ4v) is 2.85. The molecule has 0 saturated heterocycles. The second kappa shape index (κ2) is 12.4. The van der Waals surface area contributed by atoms with E-state index in [0.717, 1.165) is 0 Å². The predicted octanol–water partition coefficient (Wildman–Crippen LogP) is -0.308. The van der Waals surface area contributed by atoms with Gasteiger partial charge in [-0.3, -0.25) is 14.9 Å². The molecule has 168 valence electrons. The van der Waals surface area contributed by atoms with Gasteiger partial charge in [0.05, 0.1) is 19.0 Å². The summed E-state index contributed by atoms with van der Waals surface area (Å²) < 4.78 is 17.2. The van der Waals surface area contributed by atoms with Crippen molar-refractivity contribution < 1.29 is 46.0 Å². The number of halogens is 1. The number of nitro groups is 1. The molecule has 9 nitrogen and oxygen atoms in total. The van der Waals surface area contributed by atoms with E-state index in [1.165, 1.54) is 12.1 Å². The summed E-state index contributed by atoms with van der Waals surface area (Å²) in [5.41, 5.74) is 0.676. The van der Waals surface area contributed by atoms with Gasteiger partial charge in [0.15, 0.2) is 5.76 Å². The lowest BCUT2D eigenvalue weighted by Gasteiger charge is -2.32. The summed E-state index contributed by atoms with van der Waals surface area (Å²) in [6.07, 6.45) is -0.370. The maximum Gasteiger partial charge on any atom is 0.269 e. The minimum absolute atomic E-state index is 0. The smallest absolute Gasteiger partial charge is 0.269 e. The Labute approximate surface area is 182 Å². The summed E-state index contributed by atoms with van der Waals surface area (Å²) in [7, 11) is 3.87. The van der Waals surface area contributed by atoms with Crippen molar-refractivity contribution in [3.05, 3.63) is 52.3 Å². The number of nitrogens with zero attached hydrogens (tertiary/aromatic N) is 2. The average Bonchev–Trinajstić information content (AvgIpc) is 3.12. The third-order valence-corrected chi connectivity index (χ3v) is 4.16. The minimum atomic E-state index is -0.460. The molecule has 2 N–H and O–H groups in total. The summed E-state index contributed by atoms with van der Waals surface area (Å²) in [6, 6.07) is 9.32. The number of carbonyl (C=O) groups excluding carboxylic acids is 1. The Kier molecular flexibility index (Phi) is 11.5. The zero-order valence-electron chi connectivity index (χ0n) is 17.6. The van der Waals surface area contributed by atoms with E-state index in [1.807, 2.05) is 27.9 Å². The third-order valence-electron chi connectivity index (χ3n) is 4.16. The van der Waals surface area contributed by atoms with Crippen molar-refractivity contribution in [3.63, 3.8) is 0 Å². The van der Waals surface area contributed by atoms with Gasteiger partial charge in [-0.05, 0) is 38.1 Å². The zero-order chi connectivity index (χ0) is 20.7. The summed E-state index contributed by atoms with van der Waals surface area (Å²) >= 11 is 0. The molecule has 0 aliphatic heterocycles. The molecule has 2 aromatic rings. The number of non-ortho nitro benzene ring substituents is 1. The van der Waals surface area contributed by atoms with Crippen LogP contribution in [-0.2, 0) is 9.47 Å². The minimum Gasteiger partial charge on any atom is -1.00 e. The summed E-state index contributed by atoms with van der Waals surface area (Å²) in [4.78, 5) is 23.0. The van der Waals surface area contributed by atoms with Crippen molar-refractivity contribution in [2.45, 2.75) is 20.1 Å². The van der Waals surface area contributed by atoms with Gasteiger partial charge >= 0.3 is 0 Å². The summed E-state index contributed by atoms with van der Waals surface area (Å²) in [6.45, 7) is 5.64. The molecule has 0 saturated carbocycles. The number of carbonyl (C=O) groups is 1. The number of ketones is 1. The highest BCUT2D eigenvalue weighted by Crippen LogP contribution is 2.25. The largest absolute Gasteiger partial charge is 1.00 e. The Morgan fingerprint density at radius 3 is 2.17 bits per heavy atom. The van der Waals surface area contributed by atoms with Crippen LogP contribution in [0.3, 0.4) is 0 Å². The molecule has 0 aliphatic carbocycles. The van der Waals surface area contributed by atoms with Gasteiger partial charge in [0.25, 0.3) is 11.5 Å². The standard InChI is InChI=1S/C20H27N2O6.ClH.H2O/c1-5-26-20(27-6-2)14-22(3,4)13-17(23)19-12-11-18(28-19)15-7-9-16(10-8-15)21(24)25;;/h7-12,20H,5-6,13-14H2,1-4H3;1H;1H2/q+1;;/p-1. The third kappa shape index (κ3) is 7.85. The first-order chi connectivity index (χ1) is 13.3. The molecule has 0 unspecified atom stereocenters. The fraction of sp³-hybridized carbons (Fsp3) is 0.450. The molecule has 0 aliphatic rings. The fourth-order valence-electron chi connectivity index (χ4n) is 2.85. The first-order valence-electron chi connectivity index (χ1n) is 9.18. The number of benzene rings is 1. The number of Topliss-reactive ketones (excluding diaryl/α,β-unsaturated/α-hetero) is 1. The number of likely N-dealkylation sites (N-methyl/N-ethyl adjacent to an activating group) is 1. The maximum absolute atomic E-state index is 12.7. The van der Waals surface area contributed by atoms with E-state index in [-0.39, 0.29) is 47.9 Å². The molecule has 0 bridgehead atoms. The van der Waals surface area contributed by atoms with E-state index in [9.17, 15) is 14.9 Å². The number of ether oxygens (including phenoxy) is 2. The van der Waals surface area contributed by atoms with E-state index in [4.69, 9.17) is 13.9 Å². The van der Waals surface area contributed by atoms with Crippen LogP contribution in [0.1, 0.15) is 24.4 Å². The average molecular weight is 445 g/mol. The van der Waals surface area contributed by atoms with Gasteiger partial charge in [0, 0.05) is 30.9 Å². The summed E-state index contributed by atoms with van der Waals surface area (Å²) in [5.74, 6) is 0.610. The molecule has 1 aromatic carbocycles. The molecule has 30 heavy (non-hydrogen) atoms. The zero-order valence-corrected chi connectivity index (χ0v) is 18.3. The van der Waals surface area contributed by atoms with Crippen molar-refractivity contribution in [2.75, 3.05) is 40.4 Å². The van der Waals surface area contributed by atoms with E-state index in [1.54, 1.807) is 24.3 Å². The van der Waals surface area contributed by atoms with Crippen LogP contribution in [0.2, 0.25) is 0 Å². The Bertz CT molecular complexity index is 800. The number of nitro benzene ring substituents is 1. The van der Waals surface area contributed by atoms with Gasteiger partial charge in [0.1, 0.15) is 18.8 Å². The van der Waals surface area contributed by atoms with Crippen LogP contribution in [0.4, 0.5) is 5.69 Å². The van der Waals surface area contributed by atoms with Gasteiger partial charge in [-0.1, -0.05) is 0 Å². The van der Waals surface area contributed by atoms with Crippen LogP contribution in [-0.4, -0.2) is 67.4 Å². The first-order valence-corrected chi connectivity index (χ1v) is 9.18. The molecule has 0 radical (unpaired) electrons. The Hall–Kier alpha value is -2.30. The second-order valence-corrected chi connectivity index (χ2v) is 7.01. The molecule has 1 aromatic heterocycles. The van der Waals surface area contributed by atoms with Gasteiger partial charge in [-0.2, -0.15) is 0 Å². The number of hydrogen-bond donors (Lipinski definition) is 0. The predicted molar refractivity (Wildman–Crippen MR) is 108 cm³/mol. The monoisotopic (exact) mass is 444 g/mol. The Balaban J connectivity index is 0.00000420. The van der Waals surface area contributed by atoms with Gasteiger partial charge in [0.2, 0.25) is 6.29 Å². The number of quaternary nitrogens is 1. The van der Waals surface area contributed by atoms with Crippen LogP contribution >= 0.6 is 0 Å². The molecule has 0 spiro atoms.